The summed E-state index contributed by atoms with van der Waals surface area (Å²) in [5.74, 6) is 1.64. The number of nitrogens with zero attached hydrogens (tertiary/aromatic N) is 2. The van der Waals surface area contributed by atoms with Crippen molar-refractivity contribution >= 4 is 29.9 Å². The number of benzene rings is 1. The minimum Gasteiger partial charge on any atom is -0.359 e. The van der Waals surface area contributed by atoms with Gasteiger partial charge >= 0.3 is 0 Å². The van der Waals surface area contributed by atoms with Crippen molar-refractivity contribution in [1.29, 1.82) is 0 Å². The molecule has 4 heteroatoms. The van der Waals surface area contributed by atoms with Gasteiger partial charge < -0.3 is 10.2 Å². The molecular formula is C13H20IN3. The van der Waals surface area contributed by atoms with Gasteiger partial charge in [-0.2, -0.15) is 0 Å². The number of guanidine groups is 1. The highest BCUT2D eigenvalue weighted by atomic mass is 127. The molecule has 94 valence electrons. The molecule has 17 heavy (non-hydrogen) atoms. The van der Waals surface area contributed by atoms with E-state index in [-0.39, 0.29) is 24.0 Å². The van der Waals surface area contributed by atoms with Crippen LogP contribution in [0.1, 0.15) is 17.9 Å². The van der Waals surface area contributed by atoms with Crippen molar-refractivity contribution < 1.29 is 0 Å². The first kappa shape index (κ1) is 14.3. The lowest BCUT2D eigenvalue weighted by Crippen LogP contribution is -2.37. The molecule has 3 nitrogen and oxygen atoms in total. The molecule has 0 spiro atoms. The van der Waals surface area contributed by atoms with Crippen molar-refractivity contribution in [1.82, 2.24) is 10.2 Å². The second-order valence-corrected chi connectivity index (χ2v) is 4.14. The summed E-state index contributed by atoms with van der Waals surface area (Å²) in [4.78, 5) is 6.57. The summed E-state index contributed by atoms with van der Waals surface area (Å²) in [7, 11) is 3.76. The van der Waals surface area contributed by atoms with Gasteiger partial charge in [0, 0.05) is 33.1 Å². The fourth-order valence-electron chi connectivity index (χ4n) is 2.36. The Balaban J connectivity index is 0.00000144. The molecule has 1 aliphatic rings. The third kappa shape index (κ3) is 3.34. The molecule has 1 saturated heterocycles. The summed E-state index contributed by atoms with van der Waals surface area (Å²) >= 11 is 0. The topological polar surface area (TPSA) is 27.6 Å². The van der Waals surface area contributed by atoms with E-state index in [1.165, 1.54) is 12.0 Å². The van der Waals surface area contributed by atoms with Crippen molar-refractivity contribution in [2.75, 3.05) is 27.2 Å². The van der Waals surface area contributed by atoms with Gasteiger partial charge in [-0.15, -0.1) is 24.0 Å². The molecule has 0 amide bonds. The fourth-order valence-corrected chi connectivity index (χ4v) is 2.36. The van der Waals surface area contributed by atoms with Crippen LogP contribution in [0.3, 0.4) is 0 Å². The summed E-state index contributed by atoms with van der Waals surface area (Å²) in [6.07, 6.45) is 1.21. The first-order valence-electron chi connectivity index (χ1n) is 5.79. The zero-order valence-electron chi connectivity index (χ0n) is 10.4. The van der Waals surface area contributed by atoms with Crippen LogP contribution in [0.15, 0.2) is 35.3 Å². The quantitative estimate of drug-likeness (QED) is 0.481. The summed E-state index contributed by atoms with van der Waals surface area (Å²) in [5.41, 5.74) is 1.44. The zero-order chi connectivity index (χ0) is 11.4. The highest BCUT2D eigenvalue weighted by Gasteiger charge is 2.25. The SMILES string of the molecule is CN=C(NC)N1CCC(c2ccccc2)C1.I. The molecule has 1 atom stereocenters. The number of hydrogen-bond acceptors (Lipinski definition) is 1. The Bertz CT molecular complexity index is 364. The van der Waals surface area contributed by atoms with Crippen LogP contribution in [-0.4, -0.2) is 38.0 Å². The van der Waals surface area contributed by atoms with Gasteiger partial charge in [0.05, 0.1) is 0 Å². The van der Waals surface area contributed by atoms with Crippen LogP contribution in [0.4, 0.5) is 0 Å². The number of aliphatic imine (C=N–C) groups is 1. The van der Waals surface area contributed by atoms with Gasteiger partial charge in [-0.1, -0.05) is 30.3 Å². The van der Waals surface area contributed by atoms with Crippen LogP contribution in [0.2, 0.25) is 0 Å². The van der Waals surface area contributed by atoms with E-state index in [0.717, 1.165) is 19.0 Å². The Hall–Kier alpha value is -0.780. The molecular weight excluding hydrogens is 325 g/mol. The molecule has 0 radical (unpaired) electrons. The lowest BCUT2D eigenvalue weighted by Gasteiger charge is -2.19. The lowest BCUT2D eigenvalue weighted by atomic mass is 9.99. The zero-order valence-corrected chi connectivity index (χ0v) is 12.7. The van der Waals surface area contributed by atoms with Crippen LogP contribution in [-0.2, 0) is 0 Å². The molecule has 0 saturated carbocycles. The lowest BCUT2D eigenvalue weighted by molar-refractivity contribution is 0.492. The minimum atomic E-state index is 0. The molecule has 0 aromatic heterocycles. The first-order valence-corrected chi connectivity index (χ1v) is 5.79. The Kier molecular flexibility index (Phi) is 5.74. The molecule has 0 bridgehead atoms. The van der Waals surface area contributed by atoms with Crippen LogP contribution < -0.4 is 5.32 Å². The molecule has 1 aromatic rings. The molecule has 1 unspecified atom stereocenters. The number of rotatable bonds is 1. The van der Waals surface area contributed by atoms with Crippen LogP contribution in [0.25, 0.3) is 0 Å². The molecule has 2 rings (SSSR count). The van der Waals surface area contributed by atoms with Crippen LogP contribution in [0.5, 0.6) is 0 Å². The van der Waals surface area contributed by atoms with Crippen LogP contribution >= 0.6 is 24.0 Å². The van der Waals surface area contributed by atoms with E-state index in [4.69, 9.17) is 0 Å². The summed E-state index contributed by atoms with van der Waals surface area (Å²) in [6.45, 7) is 2.16. The number of hydrogen-bond donors (Lipinski definition) is 1. The largest absolute Gasteiger partial charge is 0.359 e. The highest BCUT2D eigenvalue weighted by molar-refractivity contribution is 14.0. The van der Waals surface area contributed by atoms with E-state index in [1.807, 2.05) is 14.1 Å². The average Bonchev–Trinajstić information content (AvgIpc) is 2.81. The summed E-state index contributed by atoms with van der Waals surface area (Å²) in [6, 6.07) is 10.7. The summed E-state index contributed by atoms with van der Waals surface area (Å²) in [5, 5.41) is 3.14. The van der Waals surface area contributed by atoms with Gasteiger partial charge in [-0.3, -0.25) is 4.99 Å². The number of nitrogens with one attached hydrogen (secondary N) is 1. The van der Waals surface area contributed by atoms with Gasteiger partial charge in [0.1, 0.15) is 0 Å². The molecule has 1 fully saturated rings. The Labute approximate surface area is 120 Å². The first-order chi connectivity index (χ1) is 7.85. The molecule has 1 N–H and O–H groups in total. The van der Waals surface area contributed by atoms with Gasteiger partial charge in [0.15, 0.2) is 5.96 Å². The Morgan fingerprint density at radius 1 is 1.35 bits per heavy atom. The molecule has 1 aliphatic heterocycles. The third-order valence-electron chi connectivity index (χ3n) is 3.19. The predicted octanol–water partition coefficient (Wildman–Crippen LogP) is 2.30. The van der Waals surface area contributed by atoms with E-state index in [1.54, 1.807) is 0 Å². The maximum atomic E-state index is 4.25. The van der Waals surface area contributed by atoms with Crippen LogP contribution in [0, 0.1) is 0 Å². The molecule has 0 aliphatic carbocycles. The minimum absolute atomic E-state index is 0. The van der Waals surface area contributed by atoms with Gasteiger partial charge in [0.25, 0.3) is 0 Å². The van der Waals surface area contributed by atoms with Gasteiger partial charge in [0.2, 0.25) is 0 Å². The standard InChI is InChI=1S/C13H19N3.HI/c1-14-13(15-2)16-9-8-12(10-16)11-6-4-3-5-7-11;/h3-7,12H,8-10H2,1-2H3,(H,14,15);1H. The monoisotopic (exact) mass is 345 g/mol. The maximum Gasteiger partial charge on any atom is 0.193 e. The van der Waals surface area contributed by atoms with Crippen molar-refractivity contribution in [3.05, 3.63) is 35.9 Å². The number of likely N-dealkylation sites (tertiary alicyclic amines) is 1. The van der Waals surface area contributed by atoms with E-state index in [2.05, 4.69) is 45.5 Å². The fraction of sp³-hybridized carbons (Fsp3) is 0.462. The maximum absolute atomic E-state index is 4.25. The van der Waals surface area contributed by atoms with E-state index in [0.29, 0.717) is 5.92 Å². The molecule has 1 aromatic carbocycles. The van der Waals surface area contributed by atoms with Gasteiger partial charge in [-0.25, -0.2) is 0 Å². The molecule has 1 heterocycles. The second-order valence-electron chi connectivity index (χ2n) is 4.14. The van der Waals surface area contributed by atoms with Crippen molar-refractivity contribution in [3.63, 3.8) is 0 Å². The predicted molar refractivity (Wildman–Crippen MR) is 83.2 cm³/mol. The Morgan fingerprint density at radius 2 is 2.06 bits per heavy atom. The highest BCUT2D eigenvalue weighted by Crippen LogP contribution is 2.26. The summed E-state index contributed by atoms with van der Waals surface area (Å²) < 4.78 is 0. The van der Waals surface area contributed by atoms with Crippen molar-refractivity contribution in [3.8, 4) is 0 Å². The van der Waals surface area contributed by atoms with Crippen molar-refractivity contribution in [2.24, 2.45) is 4.99 Å². The second kappa shape index (κ2) is 6.83. The van der Waals surface area contributed by atoms with E-state index >= 15 is 0 Å². The normalized spacial score (nSPS) is 20.0. The Morgan fingerprint density at radius 3 is 2.65 bits per heavy atom. The van der Waals surface area contributed by atoms with Gasteiger partial charge in [-0.05, 0) is 12.0 Å². The number of halogens is 1. The third-order valence-corrected chi connectivity index (χ3v) is 3.19. The smallest absolute Gasteiger partial charge is 0.193 e. The average molecular weight is 345 g/mol. The van der Waals surface area contributed by atoms with E-state index < -0.39 is 0 Å². The van der Waals surface area contributed by atoms with Crippen molar-refractivity contribution in [2.45, 2.75) is 12.3 Å². The van der Waals surface area contributed by atoms with E-state index in [9.17, 15) is 0 Å².